The standard InChI is InChI=1S/C14H20Cl2N4/c15-11-3-1-2-10(14(11)16)8-12(18-17)13-9-19-4-6-20(13)7-5-19/h1-3,12-13,18H,4-9,17H2. The molecule has 4 nitrogen and oxygen atoms in total. The van der Waals surface area contributed by atoms with Crippen LogP contribution >= 0.6 is 23.2 Å². The first-order valence-corrected chi connectivity index (χ1v) is 7.80. The van der Waals surface area contributed by atoms with Gasteiger partial charge in [0, 0.05) is 44.8 Å². The highest BCUT2D eigenvalue weighted by Gasteiger charge is 2.36. The smallest absolute Gasteiger partial charge is 0.0624 e. The van der Waals surface area contributed by atoms with Crippen molar-refractivity contribution in [1.82, 2.24) is 15.2 Å². The molecule has 3 fully saturated rings. The zero-order valence-corrected chi connectivity index (χ0v) is 12.9. The second-order valence-electron chi connectivity index (χ2n) is 5.59. The summed E-state index contributed by atoms with van der Waals surface area (Å²) < 4.78 is 0. The molecule has 20 heavy (non-hydrogen) atoms. The van der Waals surface area contributed by atoms with Gasteiger partial charge in [0.1, 0.15) is 0 Å². The Hall–Kier alpha value is -0.360. The van der Waals surface area contributed by atoms with E-state index in [0.717, 1.165) is 31.6 Å². The Labute approximate surface area is 129 Å². The van der Waals surface area contributed by atoms with E-state index in [2.05, 4.69) is 15.2 Å². The van der Waals surface area contributed by atoms with E-state index in [1.807, 2.05) is 18.2 Å². The Morgan fingerprint density at radius 2 is 2.00 bits per heavy atom. The van der Waals surface area contributed by atoms with E-state index in [0.29, 0.717) is 16.1 Å². The highest BCUT2D eigenvalue weighted by atomic mass is 35.5. The minimum Gasteiger partial charge on any atom is -0.299 e. The number of halogens is 2. The van der Waals surface area contributed by atoms with E-state index < -0.39 is 0 Å². The third-order valence-corrected chi connectivity index (χ3v) is 5.33. The second kappa shape index (κ2) is 6.18. The molecule has 2 bridgehead atoms. The molecule has 3 N–H and O–H groups in total. The van der Waals surface area contributed by atoms with Gasteiger partial charge in [0.15, 0.2) is 0 Å². The van der Waals surface area contributed by atoms with Crippen LogP contribution < -0.4 is 11.3 Å². The molecule has 2 atom stereocenters. The maximum atomic E-state index is 6.29. The predicted octanol–water partition coefficient (Wildman–Crippen LogP) is 1.37. The van der Waals surface area contributed by atoms with Crippen LogP contribution in [-0.4, -0.2) is 54.6 Å². The lowest BCUT2D eigenvalue weighted by Crippen LogP contribution is -2.67. The largest absolute Gasteiger partial charge is 0.299 e. The molecule has 3 aliphatic rings. The summed E-state index contributed by atoms with van der Waals surface area (Å²) in [7, 11) is 0. The normalized spacial score (nSPS) is 30.4. The summed E-state index contributed by atoms with van der Waals surface area (Å²) in [5.41, 5.74) is 4.04. The summed E-state index contributed by atoms with van der Waals surface area (Å²) >= 11 is 12.4. The van der Waals surface area contributed by atoms with Gasteiger partial charge in [-0.05, 0) is 18.1 Å². The van der Waals surface area contributed by atoms with E-state index in [1.165, 1.54) is 13.1 Å². The third kappa shape index (κ3) is 2.82. The monoisotopic (exact) mass is 314 g/mol. The molecule has 0 amide bonds. The molecule has 4 rings (SSSR count). The lowest BCUT2D eigenvalue weighted by atomic mass is 9.95. The minimum atomic E-state index is 0.189. The van der Waals surface area contributed by atoms with Gasteiger partial charge in [0.25, 0.3) is 0 Å². The van der Waals surface area contributed by atoms with Gasteiger partial charge in [0.05, 0.1) is 10.0 Å². The average Bonchev–Trinajstić information content (AvgIpc) is 2.50. The van der Waals surface area contributed by atoms with Gasteiger partial charge in [0.2, 0.25) is 0 Å². The van der Waals surface area contributed by atoms with Crippen molar-refractivity contribution >= 4 is 23.2 Å². The van der Waals surface area contributed by atoms with E-state index in [4.69, 9.17) is 29.0 Å². The number of benzene rings is 1. The fourth-order valence-electron chi connectivity index (χ4n) is 3.29. The van der Waals surface area contributed by atoms with Gasteiger partial charge in [-0.25, -0.2) is 0 Å². The summed E-state index contributed by atoms with van der Waals surface area (Å²) in [4.78, 5) is 5.04. The van der Waals surface area contributed by atoms with E-state index >= 15 is 0 Å². The van der Waals surface area contributed by atoms with Crippen molar-refractivity contribution in [3.8, 4) is 0 Å². The first-order valence-electron chi connectivity index (χ1n) is 7.04. The van der Waals surface area contributed by atoms with Crippen LogP contribution in [0.3, 0.4) is 0 Å². The molecular weight excluding hydrogens is 295 g/mol. The number of nitrogens with one attached hydrogen (secondary N) is 1. The molecule has 2 unspecified atom stereocenters. The molecule has 3 heterocycles. The van der Waals surface area contributed by atoms with Crippen LogP contribution in [0.4, 0.5) is 0 Å². The van der Waals surface area contributed by atoms with Gasteiger partial charge in [-0.2, -0.15) is 0 Å². The molecule has 1 aromatic rings. The lowest BCUT2D eigenvalue weighted by molar-refractivity contribution is -0.00314. The van der Waals surface area contributed by atoms with E-state index in [-0.39, 0.29) is 6.04 Å². The van der Waals surface area contributed by atoms with Crippen LogP contribution in [0, 0.1) is 0 Å². The van der Waals surface area contributed by atoms with Crippen molar-refractivity contribution in [1.29, 1.82) is 0 Å². The zero-order chi connectivity index (χ0) is 14.1. The summed E-state index contributed by atoms with van der Waals surface area (Å²) in [5.74, 6) is 5.80. The van der Waals surface area contributed by atoms with E-state index in [1.54, 1.807) is 0 Å². The number of nitrogens with zero attached hydrogens (tertiary/aromatic N) is 2. The highest BCUT2D eigenvalue weighted by molar-refractivity contribution is 6.42. The average molecular weight is 315 g/mol. The maximum Gasteiger partial charge on any atom is 0.0624 e. The van der Waals surface area contributed by atoms with Crippen molar-refractivity contribution in [2.75, 3.05) is 32.7 Å². The molecule has 0 spiro atoms. The molecule has 1 aromatic carbocycles. The fourth-order valence-corrected chi connectivity index (χ4v) is 3.69. The van der Waals surface area contributed by atoms with E-state index in [9.17, 15) is 0 Å². The first kappa shape index (κ1) is 14.6. The fraction of sp³-hybridized carbons (Fsp3) is 0.571. The molecule has 6 heteroatoms. The molecule has 0 saturated carbocycles. The van der Waals surface area contributed by atoms with Gasteiger partial charge in [-0.15, -0.1) is 0 Å². The van der Waals surface area contributed by atoms with Crippen molar-refractivity contribution in [2.24, 2.45) is 5.84 Å². The summed E-state index contributed by atoms with van der Waals surface area (Å²) in [6.45, 7) is 5.68. The Morgan fingerprint density at radius 1 is 1.25 bits per heavy atom. The van der Waals surface area contributed by atoms with Crippen molar-refractivity contribution in [3.63, 3.8) is 0 Å². The zero-order valence-electron chi connectivity index (χ0n) is 11.4. The quantitative estimate of drug-likeness (QED) is 0.651. The van der Waals surface area contributed by atoms with Crippen molar-refractivity contribution in [3.05, 3.63) is 33.8 Å². The third-order valence-electron chi connectivity index (χ3n) is 4.47. The van der Waals surface area contributed by atoms with Crippen LogP contribution in [0.5, 0.6) is 0 Å². The maximum absolute atomic E-state index is 6.29. The van der Waals surface area contributed by atoms with Crippen LogP contribution in [-0.2, 0) is 6.42 Å². The molecular formula is C14H20Cl2N4. The van der Waals surface area contributed by atoms with Crippen molar-refractivity contribution < 1.29 is 0 Å². The number of hydrazine groups is 1. The highest BCUT2D eigenvalue weighted by Crippen LogP contribution is 2.28. The summed E-state index contributed by atoms with van der Waals surface area (Å²) in [5, 5.41) is 1.25. The number of nitrogens with two attached hydrogens (primary N) is 1. The Balaban J connectivity index is 1.75. The minimum absolute atomic E-state index is 0.189. The topological polar surface area (TPSA) is 44.5 Å². The van der Waals surface area contributed by atoms with Gasteiger partial charge in [-0.3, -0.25) is 21.1 Å². The van der Waals surface area contributed by atoms with Crippen LogP contribution in [0.2, 0.25) is 10.0 Å². The number of rotatable bonds is 4. The molecule has 0 radical (unpaired) electrons. The first-order chi connectivity index (χ1) is 9.69. The SMILES string of the molecule is NNC(Cc1cccc(Cl)c1Cl)C1CN2CCN1CC2. The number of piperazine rings is 3. The Kier molecular flexibility index (Phi) is 4.50. The molecule has 0 aromatic heterocycles. The number of hydrogen-bond donors (Lipinski definition) is 2. The summed E-state index contributed by atoms with van der Waals surface area (Å²) in [6, 6.07) is 6.41. The Morgan fingerprint density at radius 3 is 2.60 bits per heavy atom. The lowest BCUT2D eigenvalue weighted by Gasteiger charge is -2.50. The van der Waals surface area contributed by atoms with Gasteiger partial charge >= 0.3 is 0 Å². The van der Waals surface area contributed by atoms with Crippen LogP contribution in [0.25, 0.3) is 0 Å². The predicted molar refractivity (Wildman–Crippen MR) is 83.1 cm³/mol. The molecule has 3 aliphatic heterocycles. The molecule has 110 valence electrons. The van der Waals surface area contributed by atoms with Crippen molar-refractivity contribution in [2.45, 2.75) is 18.5 Å². The van der Waals surface area contributed by atoms with Crippen LogP contribution in [0.15, 0.2) is 18.2 Å². The number of fused-ring (bicyclic) bond motifs is 3. The Bertz CT molecular complexity index is 474. The summed E-state index contributed by atoms with van der Waals surface area (Å²) in [6.07, 6.45) is 0.797. The number of hydrogen-bond acceptors (Lipinski definition) is 4. The van der Waals surface area contributed by atoms with Gasteiger partial charge in [-0.1, -0.05) is 35.3 Å². The molecule has 3 saturated heterocycles. The second-order valence-corrected chi connectivity index (χ2v) is 6.38. The van der Waals surface area contributed by atoms with Gasteiger partial charge < -0.3 is 0 Å². The van der Waals surface area contributed by atoms with Crippen LogP contribution in [0.1, 0.15) is 5.56 Å². The molecule has 0 aliphatic carbocycles.